The van der Waals surface area contributed by atoms with E-state index in [-0.39, 0.29) is 6.04 Å². The summed E-state index contributed by atoms with van der Waals surface area (Å²) < 4.78 is 1.92. The smallest absolute Gasteiger partial charge is 0.106 e. The van der Waals surface area contributed by atoms with Crippen molar-refractivity contribution in [2.24, 2.45) is 18.5 Å². The zero-order chi connectivity index (χ0) is 13.1. The van der Waals surface area contributed by atoms with Gasteiger partial charge in [0.15, 0.2) is 0 Å². The third kappa shape index (κ3) is 2.46. The second-order valence-electron chi connectivity index (χ2n) is 4.46. The lowest BCUT2D eigenvalue weighted by Crippen LogP contribution is -2.22. The molecular formula is C14H19N3O. The Morgan fingerprint density at radius 2 is 1.89 bits per heavy atom. The van der Waals surface area contributed by atoms with E-state index < -0.39 is 6.10 Å². The molecule has 4 heteroatoms. The number of hydrogen-bond acceptors (Lipinski definition) is 3. The van der Waals surface area contributed by atoms with Gasteiger partial charge in [-0.25, -0.2) is 0 Å². The van der Waals surface area contributed by atoms with E-state index in [4.69, 9.17) is 11.5 Å². The number of hydrogen-bond donors (Lipinski definition) is 3. The Bertz CT molecular complexity index is 507. The van der Waals surface area contributed by atoms with Crippen molar-refractivity contribution in [3.8, 4) is 0 Å². The van der Waals surface area contributed by atoms with Gasteiger partial charge in [-0.05, 0) is 11.6 Å². The van der Waals surface area contributed by atoms with E-state index in [1.54, 1.807) is 0 Å². The van der Waals surface area contributed by atoms with Crippen molar-refractivity contribution in [2.45, 2.75) is 12.1 Å². The molecule has 1 aromatic carbocycles. The summed E-state index contributed by atoms with van der Waals surface area (Å²) in [5.41, 5.74) is 14.1. The molecule has 2 atom stereocenters. The molecule has 0 aliphatic heterocycles. The van der Waals surface area contributed by atoms with Crippen LogP contribution in [-0.4, -0.2) is 16.2 Å². The number of aliphatic hydroxyl groups is 1. The van der Waals surface area contributed by atoms with Crippen molar-refractivity contribution < 1.29 is 5.11 Å². The van der Waals surface area contributed by atoms with Gasteiger partial charge in [0.25, 0.3) is 0 Å². The second kappa shape index (κ2) is 5.35. The van der Waals surface area contributed by atoms with E-state index in [2.05, 4.69) is 0 Å². The molecule has 4 nitrogen and oxygen atoms in total. The lowest BCUT2D eigenvalue weighted by atomic mass is 10.0. The quantitative estimate of drug-likeness (QED) is 0.754. The molecular weight excluding hydrogens is 226 g/mol. The van der Waals surface area contributed by atoms with Crippen molar-refractivity contribution >= 4 is 0 Å². The minimum atomic E-state index is -0.629. The fourth-order valence-electron chi connectivity index (χ4n) is 2.07. The zero-order valence-corrected chi connectivity index (χ0v) is 10.5. The second-order valence-corrected chi connectivity index (χ2v) is 4.46. The van der Waals surface area contributed by atoms with Gasteiger partial charge < -0.3 is 21.1 Å². The van der Waals surface area contributed by atoms with Crippen LogP contribution in [-0.2, 0) is 7.05 Å². The van der Waals surface area contributed by atoms with E-state index in [1.807, 2.05) is 54.2 Å². The highest BCUT2D eigenvalue weighted by molar-refractivity contribution is 5.31. The highest BCUT2D eigenvalue weighted by Gasteiger charge is 2.16. The number of nitrogens with two attached hydrogens (primary N) is 2. The SMILES string of the molecule is Cn1cc(C(O)c2ccccc2)cc1C(N)CN. The van der Waals surface area contributed by atoms with Crippen molar-refractivity contribution in [1.82, 2.24) is 4.57 Å². The fraction of sp³-hybridized carbons (Fsp3) is 0.286. The average Bonchev–Trinajstić information content (AvgIpc) is 2.80. The van der Waals surface area contributed by atoms with E-state index in [0.29, 0.717) is 6.54 Å². The summed E-state index contributed by atoms with van der Waals surface area (Å²) in [5.74, 6) is 0. The predicted octanol–water partition coefficient (Wildman–Crippen LogP) is 1.07. The summed E-state index contributed by atoms with van der Waals surface area (Å²) in [6.45, 7) is 0.388. The molecule has 0 fully saturated rings. The molecule has 0 aliphatic rings. The molecule has 2 rings (SSSR count). The molecule has 0 bridgehead atoms. The van der Waals surface area contributed by atoms with Crippen LogP contribution in [0.2, 0.25) is 0 Å². The van der Waals surface area contributed by atoms with Crippen LogP contribution in [0, 0.1) is 0 Å². The van der Waals surface area contributed by atoms with Crippen LogP contribution in [0.15, 0.2) is 42.6 Å². The zero-order valence-electron chi connectivity index (χ0n) is 10.5. The first kappa shape index (κ1) is 12.8. The van der Waals surface area contributed by atoms with Crippen LogP contribution in [0.3, 0.4) is 0 Å². The van der Waals surface area contributed by atoms with Crippen molar-refractivity contribution in [2.75, 3.05) is 6.54 Å². The van der Waals surface area contributed by atoms with Crippen LogP contribution >= 0.6 is 0 Å². The van der Waals surface area contributed by atoms with Crippen LogP contribution < -0.4 is 11.5 Å². The Hall–Kier alpha value is -1.62. The van der Waals surface area contributed by atoms with E-state index in [0.717, 1.165) is 16.8 Å². The molecule has 5 N–H and O–H groups in total. The number of aromatic nitrogens is 1. The maximum atomic E-state index is 10.3. The molecule has 0 saturated carbocycles. The molecule has 1 aromatic heterocycles. The van der Waals surface area contributed by atoms with Gasteiger partial charge in [0.05, 0.1) is 6.04 Å². The standard InChI is InChI=1S/C14H19N3O/c1-17-9-11(7-13(17)12(16)8-15)14(18)10-5-3-2-4-6-10/h2-7,9,12,14,18H,8,15-16H2,1H3. The van der Waals surface area contributed by atoms with Crippen molar-refractivity contribution in [3.05, 3.63) is 59.4 Å². The molecule has 1 heterocycles. The largest absolute Gasteiger partial charge is 0.384 e. The normalized spacial score (nSPS) is 14.4. The number of aliphatic hydroxyl groups excluding tert-OH is 1. The number of nitrogens with zero attached hydrogens (tertiary/aromatic N) is 1. The molecule has 96 valence electrons. The van der Waals surface area contributed by atoms with Gasteiger partial charge in [-0.3, -0.25) is 0 Å². The summed E-state index contributed by atoms with van der Waals surface area (Å²) in [6.07, 6.45) is 1.26. The molecule has 0 aliphatic carbocycles. The molecule has 0 spiro atoms. The van der Waals surface area contributed by atoms with E-state index >= 15 is 0 Å². The highest BCUT2D eigenvalue weighted by atomic mass is 16.3. The third-order valence-electron chi connectivity index (χ3n) is 3.13. The summed E-state index contributed by atoms with van der Waals surface area (Å²) in [7, 11) is 1.91. The third-order valence-corrected chi connectivity index (χ3v) is 3.13. The predicted molar refractivity (Wildman–Crippen MR) is 71.9 cm³/mol. The monoisotopic (exact) mass is 245 g/mol. The number of rotatable bonds is 4. The summed E-state index contributed by atoms with van der Waals surface area (Å²) in [5, 5.41) is 10.3. The van der Waals surface area contributed by atoms with E-state index in [9.17, 15) is 5.11 Å². The van der Waals surface area contributed by atoms with Gasteiger partial charge in [0.1, 0.15) is 6.10 Å². The fourth-order valence-corrected chi connectivity index (χ4v) is 2.07. The lowest BCUT2D eigenvalue weighted by molar-refractivity contribution is 0.220. The van der Waals surface area contributed by atoms with E-state index in [1.165, 1.54) is 0 Å². The van der Waals surface area contributed by atoms with Gasteiger partial charge in [-0.2, -0.15) is 0 Å². The van der Waals surface area contributed by atoms with Crippen LogP contribution in [0.25, 0.3) is 0 Å². The minimum absolute atomic E-state index is 0.202. The first-order valence-electron chi connectivity index (χ1n) is 5.98. The molecule has 0 radical (unpaired) electrons. The van der Waals surface area contributed by atoms with Crippen LogP contribution in [0.5, 0.6) is 0 Å². The summed E-state index contributed by atoms with van der Waals surface area (Å²) in [4.78, 5) is 0. The highest BCUT2D eigenvalue weighted by Crippen LogP contribution is 2.24. The summed E-state index contributed by atoms with van der Waals surface area (Å²) in [6, 6.07) is 11.3. The Balaban J connectivity index is 2.30. The maximum absolute atomic E-state index is 10.3. The summed E-state index contributed by atoms with van der Waals surface area (Å²) >= 11 is 0. The number of aryl methyl sites for hydroxylation is 1. The lowest BCUT2D eigenvalue weighted by Gasteiger charge is -2.09. The first-order valence-corrected chi connectivity index (χ1v) is 5.98. The molecule has 2 unspecified atom stereocenters. The van der Waals surface area contributed by atoms with Gasteiger partial charge >= 0.3 is 0 Å². The Morgan fingerprint density at radius 1 is 1.22 bits per heavy atom. The van der Waals surface area contributed by atoms with Gasteiger partial charge in [0.2, 0.25) is 0 Å². The molecule has 2 aromatic rings. The average molecular weight is 245 g/mol. The molecule has 0 amide bonds. The van der Waals surface area contributed by atoms with Crippen LogP contribution in [0.4, 0.5) is 0 Å². The Labute approximate surface area is 107 Å². The van der Waals surface area contributed by atoms with Gasteiger partial charge in [0, 0.05) is 31.0 Å². The number of benzene rings is 1. The van der Waals surface area contributed by atoms with Crippen molar-refractivity contribution in [1.29, 1.82) is 0 Å². The maximum Gasteiger partial charge on any atom is 0.106 e. The van der Waals surface area contributed by atoms with Gasteiger partial charge in [-0.15, -0.1) is 0 Å². The topological polar surface area (TPSA) is 77.2 Å². The molecule has 0 saturated heterocycles. The molecule has 18 heavy (non-hydrogen) atoms. The van der Waals surface area contributed by atoms with Gasteiger partial charge in [-0.1, -0.05) is 30.3 Å². The minimum Gasteiger partial charge on any atom is -0.384 e. The first-order chi connectivity index (χ1) is 8.63. The van der Waals surface area contributed by atoms with Crippen LogP contribution in [0.1, 0.15) is 29.0 Å². The Morgan fingerprint density at radius 3 is 2.50 bits per heavy atom. The van der Waals surface area contributed by atoms with Crippen molar-refractivity contribution in [3.63, 3.8) is 0 Å². The Kier molecular flexibility index (Phi) is 3.81.